The molecule has 0 rings (SSSR count). The minimum Gasteiger partial charge on any atom is -0.371 e. The molecule has 0 saturated carbocycles. The monoisotopic (exact) mass is 212 g/mol. The maximum absolute atomic E-state index is 4.74. The highest BCUT2D eigenvalue weighted by atomic mass is 127. The molecule has 0 fully saturated rings. The van der Waals surface area contributed by atoms with Gasteiger partial charge < -0.3 is 4.74 Å². The van der Waals surface area contributed by atoms with E-state index < -0.39 is 0 Å². The van der Waals surface area contributed by atoms with Gasteiger partial charge >= 0.3 is 23.1 Å². The normalized spacial score (nSPS) is 12.5. The first-order valence-electron chi connectivity index (χ1n) is 1.44. The topological polar surface area (TPSA) is 9.23 Å². The molecule has 0 bridgehead atoms. The maximum Gasteiger partial charge on any atom is 0.316 e. The van der Waals surface area contributed by atoms with E-state index in [1.54, 1.807) is 7.11 Å². The minimum atomic E-state index is 0. The smallest absolute Gasteiger partial charge is 0.316 e. The number of ether oxygens (including phenoxy) is 1. The van der Waals surface area contributed by atoms with E-state index in [0.717, 1.165) is 0 Å². The Hall–Kier alpha value is 1.46. The number of halogens is 1. The van der Waals surface area contributed by atoms with Crippen molar-refractivity contribution in [2.24, 2.45) is 0 Å². The van der Waals surface area contributed by atoms with E-state index in [0.29, 0.717) is 4.11 Å². The summed E-state index contributed by atoms with van der Waals surface area (Å²) in [6.07, 6.45) is 0. The molecular formula is C3H9IMgO. The molecule has 0 aliphatic carbocycles. The third-order valence-electron chi connectivity index (χ3n) is 0.325. The minimum absolute atomic E-state index is 0. The third kappa shape index (κ3) is 9.07. The fourth-order valence-electron chi connectivity index (χ4n) is 0. The Morgan fingerprint density at radius 1 is 1.67 bits per heavy atom. The van der Waals surface area contributed by atoms with E-state index in [4.69, 9.17) is 4.74 Å². The number of hydrogen-bond acceptors (Lipinski definition) is 1. The van der Waals surface area contributed by atoms with Crippen LogP contribution in [0.25, 0.3) is 0 Å². The molecule has 0 N–H and O–H groups in total. The van der Waals surface area contributed by atoms with Crippen molar-refractivity contribution in [2.75, 3.05) is 7.11 Å². The second kappa shape index (κ2) is 6.46. The van der Waals surface area contributed by atoms with Crippen molar-refractivity contribution in [3.63, 3.8) is 0 Å². The van der Waals surface area contributed by atoms with Crippen LogP contribution in [0.4, 0.5) is 0 Å². The van der Waals surface area contributed by atoms with Gasteiger partial charge in [-0.1, -0.05) is 22.6 Å². The molecule has 0 aliphatic rings. The van der Waals surface area contributed by atoms with Gasteiger partial charge in [-0.2, -0.15) is 0 Å². The lowest BCUT2D eigenvalue weighted by Gasteiger charge is -1.92. The summed E-state index contributed by atoms with van der Waals surface area (Å²) in [5.41, 5.74) is 0. The summed E-state index contributed by atoms with van der Waals surface area (Å²) in [5, 5.41) is 0. The Morgan fingerprint density at radius 3 is 1.83 bits per heavy atom. The van der Waals surface area contributed by atoms with Gasteiger partial charge in [-0.3, -0.25) is 0 Å². The maximum atomic E-state index is 4.74. The van der Waals surface area contributed by atoms with E-state index in [9.17, 15) is 0 Å². The van der Waals surface area contributed by atoms with Crippen molar-refractivity contribution in [3.8, 4) is 0 Å². The molecule has 1 atom stereocenters. The van der Waals surface area contributed by atoms with Gasteiger partial charge in [0.1, 0.15) is 4.11 Å². The van der Waals surface area contributed by atoms with Crippen molar-refractivity contribution in [3.05, 3.63) is 0 Å². The molecule has 0 aromatic heterocycles. The zero-order chi connectivity index (χ0) is 4.28. The van der Waals surface area contributed by atoms with Crippen LogP contribution in [0.2, 0.25) is 0 Å². The highest BCUT2D eigenvalue weighted by molar-refractivity contribution is 14.1. The first kappa shape index (κ1) is 10.4. The predicted molar refractivity (Wildman–Crippen MR) is 39.0 cm³/mol. The number of alkyl halides is 1. The van der Waals surface area contributed by atoms with Gasteiger partial charge in [0.2, 0.25) is 0 Å². The highest BCUT2D eigenvalue weighted by Crippen LogP contribution is 1.94. The van der Waals surface area contributed by atoms with Crippen molar-refractivity contribution < 1.29 is 4.74 Å². The molecule has 6 heavy (non-hydrogen) atoms. The van der Waals surface area contributed by atoms with E-state index in [1.165, 1.54) is 0 Å². The largest absolute Gasteiger partial charge is 0.371 e. The van der Waals surface area contributed by atoms with Crippen LogP contribution in [0.1, 0.15) is 6.92 Å². The van der Waals surface area contributed by atoms with Crippen molar-refractivity contribution in [1.29, 1.82) is 0 Å². The first-order chi connectivity index (χ1) is 2.27. The quantitative estimate of drug-likeness (QED) is 0.349. The summed E-state index contributed by atoms with van der Waals surface area (Å²) in [4.78, 5) is 0. The molecule has 0 heterocycles. The summed E-state index contributed by atoms with van der Waals surface area (Å²) >= 11 is 2.18. The van der Waals surface area contributed by atoms with Crippen LogP contribution in [-0.4, -0.2) is 34.3 Å². The van der Waals surface area contributed by atoms with Gasteiger partial charge in [0, 0.05) is 7.11 Å². The van der Waals surface area contributed by atoms with Gasteiger partial charge in [0.25, 0.3) is 0 Å². The molecule has 3 heteroatoms. The summed E-state index contributed by atoms with van der Waals surface area (Å²) in [6, 6.07) is 0. The predicted octanol–water partition coefficient (Wildman–Crippen LogP) is 0.498. The van der Waals surface area contributed by atoms with Gasteiger partial charge in [-0.05, 0) is 6.92 Å². The van der Waals surface area contributed by atoms with Gasteiger partial charge in [-0.25, -0.2) is 0 Å². The molecule has 1 nitrogen and oxygen atoms in total. The molecule has 36 valence electrons. The lowest BCUT2D eigenvalue weighted by Crippen LogP contribution is -1.88. The highest BCUT2D eigenvalue weighted by Gasteiger charge is 1.81. The van der Waals surface area contributed by atoms with Gasteiger partial charge in [0.15, 0.2) is 0 Å². The molecule has 0 aromatic carbocycles. The standard InChI is InChI=1S/C3H7IO.Mg.2H/c1-3(4)5-2;;;/h3H,1-2H3;;;. The fourth-order valence-corrected chi connectivity index (χ4v) is 0. The molecule has 0 amide bonds. The molecule has 0 spiro atoms. The number of hydrogen-bond donors (Lipinski definition) is 0. The van der Waals surface area contributed by atoms with E-state index in [-0.39, 0.29) is 23.1 Å². The van der Waals surface area contributed by atoms with Gasteiger partial charge in [-0.15, -0.1) is 0 Å². The van der Waals surface area contributed by atoms with Crippen LogP contribution >= 0.6 is 22.6 Å². The second-order valence-electron chi connectivity index (χ2n) is 0.779. The second-order valence-corrected chi connectivity index (χ2v) is 2.53. The Balaban J connectivity index is 0. The van der Waals surface area contributed by atoms with Crippen molar-refractivity contribution in [1.82, 2.24) is 0 Å². The Kier molecular flexibility index (Phi) is 11.2. The van der Waals surface area contributed by atoms with E-state index >= 15 is 0 Å². The molecule has 0 aromatic rings. The Bertz CT molecular complexity index is 24.8. The van der Waals surface area contributed by atoms with Crippen LogP contribution in [0.15, 0.2) is 0 Å². The van der Waals surface area contributed by atoms with Crippen molar-refractivity contribution in [2.45, 2.75) is 11.0 Å². The summed E-state index contributed by atoms with van der Waals surface area (Å²) < 4.78 is 5.09. The summed E-state index contributed by atoms with van der Waals surface area (Å²) in [6.45, 7) is 1.99. The van der Waals surface area contributed by atoms with Crippen molar-refractivity contribution >= 4 is 45.6 Å². The van der Waals surface area contributed by atoms with Crippen LogP contribution in [-0.2, 0) is 4.74 Å². The van der Waals surface area contributed by atoms with Crippen LogP contribution in [0.3, 0.4) is 0 Å². The average Bonchev–Trinajstić information content (AvgIpc) is 1.38. The number of methoxy groups -OCH3 is 1. The Morgan fingerprint density at radius 2 is 1.83 bits per heavy atom. The lowest BCUT2D eigenvalue weighted by atomic mass is 10.9. The molecule has 1 unspecified atom stereocenters. The first-order valence-corrected chi connectivity index (χ1v) is 2.69. The lowest BCUT2D eigenvalue weighted by molar-refractivity contribution is 0.200. The van der Waals surface area contributed by atoms with E-state index in [2.05, 4.69) is 22.6 Å². The zero-order valence-electron chi connectivity index (χ0n) is 3.36. The molecule has 0 aliphatic heterocycles. The van der Waals surface area contributed by atoms with E-state index in [1.807, 2.05) is 6.92 Å². The van der Waals surface area contributed by atoms with Crippen LogP contribution in [0, 0.1) is 0 Å². The molecule has 0 saturated heterocycles. The van der Waals surface area contributed by atoms with Crippen LogP contribution < -0.4 is 0 Å². The van der Waals surface area contributed by atoms with Crippen LogP contribution in [0.5, 0.6) is 0 Å². The average molecular weight is 212 g/mol. The Labute approximate surface area is 68.1 Å². The summed E-state index contributed by atoms with van der Waals surface area (Å²) in [7, 11) is 1.69. The number of rotatable bonds is 1. The molecule has 0 radical (unpaired) electrons. The zero-order valence-corrected chi connectivity index (χ0v) is 5.52. The SMILES string of the molecule is COC(C)I.[MgH2]. The third-order valence-corrected chi connectivity index (χ3v) is 0.833. The van der Waals surface area contributed by atoms with Gasteiger partial charge in [0.05, 0.1) is 0 Å². The summed E-state index contributed by atoms with van der Waals surface area (Å²) in [5.74, 6) is 0. The fraction of sp³-hybridized carbons (Fsp3) is 1.00. The molecular weight excluding hydrogens is 203 g/mol.